The van der Waals surface area contributed by atoms with Crippen LogP contribution < -0.4 is 11.1 Å². The molecule has 1 fully saturated rings. The lowest BCUT2D eigenvalue weighted by atomic mass is 10.1. The van der Waals surface area contributed by atoms with E-state index in [4.69, 9.17) is 10.5 Å². The largest absolute Gasteiger partial charge is 0.464 e. The van der Waals surface area contributed by atoms with E-state index in [1.54, 1.807) is 0 Å². The summed E-state index contributed by atoms with van der Waals surface area (Å²) >= 11 is 0. The molecule has 1 aromatic rings. The van der Waals surface area contributed by atoms with Crippen molar-refractivity contribution >= 4 is 17.6 Å². The summed E-state index contributed by atoms with van der Waals surface area (Å²) in [6.07, 6.45) is 0.480. The average molecular weight is 238 g/mol. The van der Waals surface area contributed by atoms with Crippen molar-refractivity contribution in [1.82, 2.24) is 0 Å². The fourth-order valence-electron chi connectivity index (χ4n) is 1.71. The first-order valence-electron chi connectivity index (χ1n) is 5.11. The molecule has 0 spiro atoms. The van der Waals surface area contributed by atoms with Gasteiger partial charge in [0.1, 0.15) is 11.9 Å². The van der Waals surface area contributed by atoms with Crippen LogP contribution in [0.4, 0.5) is 10.1 Å². The maximum absolute atomic E-state index is 13.4. The first-order valence-corrected chi connectivity index (χ1v) is 5.11. The predicted molar refractivity (Wildman–Crippen MR) is 57.9 cm³/mol. The van der Waals surface area contributed by atoms with Crippen molar-refractivity contribution < 1.29 is 18.7 Å². The van der Waals surface area contributed by atoms with E-state index >= 15 is 0 Å². The number of carbonyl (C=O) groups excluding carboxylic acids is 2. The lowest BCUT2D eigenvalue weighted by Gasteiger charge is -2.13. The Morgan fingerprint density at radius 1 is 1.53 bits per heavy atom. The van der Waals surface area contributed by atoms with Gasteiger partial charge >= 0.3 is 5.97 Å². The zero-order chi connectivity index (χ0) is 12.4. The molecule has 0 aliphatic carbocycles. The molecule has 0 radical (unpaired) electrons. The first-order chi connectivity index (χ1) is 8.09. The van der Waals surface area contributed by atoms with Gasteiger partial charge in [0.25, 0.3) is 5.91 Å². The number of nitrogens with two attached hydrogens (primary N) is 1. The summed E-state index contributed by atoms with van der Waals surface area (Å²) in [5.74, 6) is -2.00. The van der Waals surface area contributed by atoms with Crippen LogP contribution in [-0.4, -0.2) is 24.5 Å². The number of cyclic esters (lactones) is 1. The highest BCUT2D eigenvalue weighted by Crippen LogP contribution is 2.21. The molecular weight excluding hydrogens is 227 g/mol. The fourth-order valence-corrected chi connectivity index (χ4v) is 1.71. The maximum atomic E-state index is 13.4. The second-order valence-electron chi connectivity index (χ2n) is 3.68. The lowest BCUT2D eigenvalue weighted by molar-refractivity contribution is -0.138. The third-order valence-corrected chi connectivity index (χ3v) is 2.53. The Labute approximate surface area is 96.7 Å². The molecule has 3 N–H and O–H groups in total. The molecule has 6 heteroatoms. The molecular formula is C11H11FN2O3. The van der Waals surface area contributed by atoms with Crippen molar-refractivity contribution in [3.8, 4) is 0 Å². The van der Waals surface area contributed by atoms with Gasteiger partial charge in [0.15, 0.2) is 0 Å². The standard InChI is InChI=1S/C11H11FN2O3/c12-6-2-1-3-7(9(6)10(13)15)14-8-4-5-17-11(8)16/h1-3,8,14H,4-5H2,(H2,13,15). The van der Waals surface area contributed by atoms with Crippen LogP contribution in [0.1, 0.15) is 16.8 Å². The summed E-state index contributed by atoms with van der Waals surface area (Å²) in [4.78, 5) is 22.4. The van der Waals surface area contributed by atoms with Crippen molar-refractivity contribution in [1.29, 1.82) is 0 Å². The quantitative estimate of drug-likeness (QED) is 0.757. The van der Waals surface area contributed by atoms with Gasteiger partial charge in [-0.1, -0.05) is 6.07 Å². The Bertz CT molecular complexity index is 476. The van der Waals surface area contributed by atoms with Gasteiger partial charge in [-0.25, -0.2) is 9.18 Å². The molecule has 1 aromatic carbocycles. The Balaban J connectivity index is 2.29. The van der Waals surface area contributed by atoms with Gasteiger partial charge in [0, 0.05) is 6.42 Å². The number of amides is 1. The number of esters is 1. The molecule has 1 amide bonds. The van der Waals surface area contributed by atoms with Crippen LogP contribution in [0.3, 0.4) is 0 Å². The number of hydrogen-bond donors (Lipinski definition) is 2. The van der Waals surface area contributed by atoms with Crippen LogP contribution >= 0.6 is 0 Å². The van der Waals surface area contributed by atoms with E-state index in [-0.39, 0.29) is 11.3 Å². The predicted octanol–water partition coefficient (Wildman–Crippen LogP) is 0.652. The van der Waals surface area contributed by atoms with E-state index in [1.807, 2.05) is 0 Å². The van der Waals surface area contributed by atoms with Gasteiger partial charge in [-0.15, -0.1) is 0 Å². The molecule has 1 unspecified atom stereocenters. The van der Waals surface area contributed by atoms with Crippen molar-refractivity contribution in [2.45, 2.75) is 12.5 Å². The van der Waals surface area contributed by atoms with Crippen LogP contribution in [0.5, 0.6) is 0 Å². The molecule has 1 aliphatic rings. The monoisotopic (exact) mass is 238 g/mol. The molecule has 0 aromatic heterocycles. The number of anilines is 1. The highest BCUT2D eigenvalue weighted by molar-refractivity contribution is 5.99. The number of ether oxygens (including phenoxy) is 1. The molecule has 0 saturated carbocycles. The topological polar surface area (TPSA) is 81.4 Å². The first kappa shape index (κ1) is 11.4. The second-order valence-corrected chi connectivity index (χ2v) is 3.68. The normalized spacial score (nSPS) is 18.9. The maximum Gasteiger partial charge on any atom is 0.328 e. The molecule has 0 bridgehead atoms. The van der Waals surface area contributed by atoms with Crippen LogP contribution in [0.2, 0.25) is 0 Å². The smallest absolute Gasteiger partial charge is 0.328 e. The highest BCUT2D eigenvalue weighted by atomic mass is 19.1. The summed E-state index contributed by atoms with van der Waals surface area (Å²) in [6, 6.07) is 3.51. The van der Waals surface area contributed by atoms with E-state index in [1.165, 1.54) is 12.1 Å². The number of hydrogen-bond acceptors (Lipinski definition) is 4. The van der Waals surface area contributed by atoms with E-state index in [2.05, 4.69) is 5.32 Å². The third-order valence-electron chi connectivity index (χ3n) is 2.53. The highest BCUT2D eigenvalue weighted by Gasteiger charge is 2.27. The van der Waals surface area contributed by atoms with E-state index < -0.39 is 23.7 Å². The summed E-state index contributed by atoms with van der Waals surface area (Å²) in [5.41, 5.74) is 5.06. The Hall–Kier alpha value is -2.11. The molecule has 90 valence electrons. The van der Waals surface area contributed by atoms with Gasteiger partial charge < -0.3 is 15.8 Å². The van der Waals surface area contributed by atoms with Gasteiger partial charge in [0.2, 0.25) is 0 Å². The second kappa shape index (κ2) is 4.40. The van der Waals surface area contributed by atoms with Crippen LogP contribution in [0, 0.1) is 5.82 Å². The Morgan fingerprint density at radius 2 is 2.29 bits per heavy atom. The minimum absolute atomic E-state index is 0.210. The molecule has 1 heterocycles. The zero-order valence-electron chi connectivity index (χ0n) is 8.90. The van der Waals surface area contributed by atoms with Crippen LogP contribution in [-0.2, 0) is 9.53 Å². The van der Waals surface area contributed by atoms with Gasteiger partial charge in [0.05, 0.1) is 17.9 Å². The van der Waals surface area contributed by atoms with E-state index in [9.17, 15) is 14.0 Å². The number of carbonyl (C=O) groups is 2. The van der Waals surface area contributed by atoms with E-state index in [0.717, 1.165) is 6.07 Å². The van der Waals surface area contributed by atoms with Gasteiger partial charge in [-0.2, -0.15) is 0 Å². The van der Waals surface area contributed by atoms with Crippen molar-refractivity contribution in [3.63, 3.8) is 0 Å². The molecule has 17 heavy (non-hydrogen) atoms. The molecule has 1 saturated heterocycles. The van der Waals surface area contributed by atoms with Crippen LogP contribution in [0.15, 0.2) is 18.2 Å². The minimum atomic E-state index is -0.878. The summed E-state index contributed by atoms with van der Waals surface area (Å²) in [7, 11) is 0. The summed E-state index contributed by atoms with van der Waals surface area (Å²) in [5, 5.41) is 2.77. The van der Waals surface area contributed by atoms with Crippen LogP contribution in [0.25, 0.3) is 0 Å². The Morgan fingerprint density at radius 3 is 2.88 bits per heavy atom. The fraction of sp³-hybridized carbons (Fsp3) is 0.273. The van der Waals surface area contributed by atoms with Gasteiger partial charge in [-0.05, 0) is 12.1 Å². The number of rotatable bonds is 3. The molecule has 1 aliphatic heterocycles. The van der Waals surface area contributed by atoms with Crippen molar-refractivity contribution in [3.05, 3.63) is 29.6 Å². The zero-order valence-corrected chi connectivity index (χ0v) is 8.90. The van der Waals surface area contributed by atoms with E-state index in [0.29, 0.717) is 13.0 Å². The Kier molecular flexibility index (Phi) is 2.95. The SMILES string of the molecule is NC(=O)c1c(F)cccc1NC1CCOC1=O. The van der Waals surface area contributed by atoms with Crippen molar-refractivity contribution in [2.24, 2.45) is 5.73 Å². The van der Waals surface area contributed by atoms with Crippen molar-refractivity contribution in [2.75, 3.05) is 11.9 Å². The number of nitrogens with one attached hydrogen (secondary N) is 1. The molecule has 1 atom stereocenters. The van der Waals surface area contributed by atoms with Gasteiger partial charge in [-0.3, -0.25) is 4.79 Å². The third kappa shape index (κ3) is 2.20. The number of primary amides is 1. The minimum Gasteiger partial charge on any atom is -0.464 e. The summed E-state index contributed by atoms with van der Waals surface area (Å²) < 4.78 is 18.2. The lowest BCUT2D eigenvalue weighted by Crippen LogP contribution is -2.26. The molecule has 2 rings (SSSR count). The number of halogens is 1. The molecule has 5 nitrogen and oxygen atoms in total. The average Bonchev–Trinajstić information content (AvgIpc) is 2.64. The summed E-state index contributed by atoms with van der Waals surface area (Å²) in [6.45, 7) is 0.317. The number of benzene rings is 1.